The van der Waals surface area contributed by atoms with Crippen molar-refractivity contribution >= 4 is 28.9 Å². The molecule has 160 valence electrons. The molecular formula is C24H27N5OS. The minimum absolute atomic E-state index is 0.0335. The van der Waals surface area contributed by atoms with Gasteiger partial charge in [-0.15, -0.1) is 0 Å². The lowest BCUT2D eigenvalue weighted by atomic mass is 9.99. The van der Waals surface area contributed by atoms with Crippen LogP contribution in [0.5, 0.6) is 0 Å². The number of hydrogen-bond acceptors (Lipinski definition) is 3. The lowest BCUT2D eigenvalue weighted by molar-refractivity contribution is -0.116. The van der Waals surface area contributed by atoms with Gasteiger partial charge in [0.2, 0.25) is 5.91 Å². The molecule has 0 radical (unpaired) electrons. The maximum Gasteiger partial charge on any atom is 0.226 e. The molecule has 0 aliphatic carbocycles. The number of nitrogens with zero attached hydrogens (tertiary/aromatic N) is 3. The predicted molar refractivity (Wildman–Crippen MR) is 127 cm³/mol. The van der Waals surface area contributed by atoms with Gasteiger partial charge in [0, 0.05) is 43.3 Å². The van der Waals surface area contributed by atoms with E-state index in [2.05, 4.69) is 57.4 Å². The van der Waals surface area contributed by atoms with Crippen molar-refractivity contribution in [3.63, 3.8) is 0 Å². The Labute approximate surface area is 188 Å². The van der Waals surface area contributed by atoms with Crippen molar-refractivity contribution in [2.75, 3.05) is 11.9 Å². The van der Waals surface area contributed by atoms with Gasteiger partial charge in [-0.05, 0) is 62.0 Å². The van der Waals surface area contributed by atoms with Gasteiger partial charge < -0.3 is 20.1 Å². The van der Waals surface area contributed by atoms with Crippen LogP contribution in [0.3, 0.4) is 0 Å². The van der Waals surface area contributed by atoms with Gasteiger partial charge in [0.05, 0.1) is 17.8 Å². The zero-order chi connectivity index (χ0) is 21.8. The highest BCUT2D eigenvalue weighted by atomic mass is 32.1. The average molecular weight is 434 g/mol. The van der Waals surface area contributed by atoms with Crippen LogP contribution in [0.25, 0.3) is 0 Å². The fourth-order valence-corrected chi connectivity index (χ4v) is 4.24. The molecule has 1 fully saturated rings. The molecule has 0 spiro atoms. The third-order valence-corrected chi connectivity index (χ3v) is 5.86. The molecular weight excluding hydrogens is 406 g/mol. The van der Waals surface area contributed by atoms with Crippen molar-refractivity contribution in [2.24, 2.45) is 0 Å². The SMILES string of the molecule is CC(C)n1ccc(C2C(c3ccccn3)NC(=S)N2CCC(=O)Nc2ccccc2)c1. The molecule has 4 rings (SSSR count). The molecule has 0 saturated carbocycles. The van der Waals surface area contributed by atoms with Crippen LogP contribution in [-0.2, 0) is 4.79 Å². The zero-order valence-electron chi connectivity index (χ0n) is 17.7. The maximum atomic E-state index is 12.5. The number of hydrogen-bond donors (Lipinski definition) is 2. The van der Waals surface area contributed by atoms with Crippen LogP contribution < -0.4 is 10.6 Å². The summed E-state index contributed by atoms with van der Waals surface area (Å²) in [4.78, 5) is 19.2. The maximum absolute atomic E-state index is 12.5. The highest BCUT2D eigenvalue weighted by Crippen LogP contribution is 2.39. The summed E-state index contributed by atoms with van der Waals surface area (Å²) in [6.07, 6.45) is 6.40. The molecule has 7 heteroatoms. The number of amides is 1. The summed E-state index contributed by atoms with van der Waals surface area (Å²) >= 11 is 5.68. The second-order valence-corrected chi connectivity index (χ2v) is 8.36. The highest BCUT2D eigenvalue weighted by molar-refractivity contribution is 7.80. The number of nitrogens with one attached hydrogen (secondary N) is 2. The number of benzene rings is 1. The molecule has 3 aromatic rings. The molecule has 1 aromatic carbocycles. The summed E-state index contributed by atoms with van der Waals surface area (Å²) in [7, 11) is 0. The van der Waals surface area contributed by atoms with E-state index in [1.807, 2.05) is 48.5 Å². The van der Waals surface area contributed by atoms with E-state index in [1.165, 1.54) is 0 Å². The van der Waals surface area contributed by atoms with Gasteiger partial charge in [-0.2, -0.15) is 0 Å². The molecule has 2 N–H and O–H groups in total. The summed E-state index contributed by atoms with van der Waals surface area (Å²) < 4.78 is 2.19. The number of para-hydroxylation sites is 1. The minimum Gasteiger partial charge on any atom is -0.352 e. The Morgan fingerprint density at radius 3 is 2.61 bits per heavy atom. The van der Waals surface area contributed by atoms with Gasteiger partial charge >= 0.3 is 0 Å². The van der Waals surface area contributed by atoms with Gasteiger partial charge in [-0.3, -0.25) is 9.78 Å². The van der Waals surface area contributed by atoms with Gasteiger partial charge in [-0.25, -0.2) is 0 Å². The Bertz CT molecular complexity index is 1030. The van der Waals surface area contributed by atoms with E-state index < -0.39 is 0 Å². The summed E-state index contributed by atoms with van der Waals surface area (Å²) in [6, 6.07) is 17.8. The smallest absolute Gasteiger partial charge is 0.226 e. The Balaban J connectivity index is 1.55. The standard InChI is InChI=1S/C24H27N5OS/c1-17(2)28-14-11-18(16-28)23-22(20-10-6-7-13-25-20)27-24(31)29(23)15-12-21(30)26-19-8-4-3-5-9-19/h3-11,13-14,16-17,22-23H,12,15H2,1-2H3,(H,26,30)(H,27,31). The van der Waals surface area contributed by atoms with E-state index in [0.29, 0.717) is 24.1 Å². The second-order valence-electron chi connectivity index (χ2n) is 7.97. The lowest BCUT2D eigenvalue weighted by Crippen LogP contribution is -2.32. The first-order valence-corrected chi connectivity index (χ1v) is 10.9. The van der Waals surface area contributed by atoms with Crippen molar-refractivity contribution in [3.05, 3.63) is 84.4 Å². The summed E-state index contributed by atoms with van der Waals surface area (Å²) in [5.41, 5.74) is 2.88. The van der Waals surface area contributed by atoms with Gasteiger partial charge in [0.1, 0.15) is 0 Å². The quantitative estimate of drug-likeness (QED) is 0.539. The molecule has 1 saturated heterocycles. The van der Waals surface area contributed by atoms with Crippen LogP contribution in [0.2, 0.25) is 0 Å². The third kappa shape index (κ3) is 4.77. The van der Waals surface area contributed by atoms with E-state index in [1.54, 1.807) is 6.20 Å². The number of thiocarbonyl (C=S) groups is 1. The number of carbonyl (C=O) groups is 1. The Morgan fingerprint density at radius 2 is 1.94 bits per heavy atom. The molecule has 6 nitrogen and oxygen atoms in total. The highest BCUT2D eigenvalue weighted by Gasteiger charge is 2.40. The van der Waals surface area contributed by atoms with Crippen molar-refractivity contribution in [3.8, 4) is 0 Å². The topological polar surface area (TPSA) is 62.2 Å². The van der Waals surface area contributed by atoms with Crippen molar-refractivity contribution in [2.45, 2.75) is 38.4 Å². The molecule has 2 aromatic heterocycles. The third-order valence-electron chi connectivity index (χ3n) is 5.51. The molecule has 2 atom stereocenters. The number of pyridine rings is 1. The number of anilines is 1. The molecule has 1 amide bonds. The van der Waals surface area contributed by atoms with Crippen LogP contribution in [0, 0.1) is 0 Å². The minimum atomic E-state index is -0.0751. The summed E-state index contributed by atoms with van der Waals surface area (Å²) in [5, 5.41) is 7.03. The van der Waals surface area contributed by atoms with Crippen LogP contribution in [0.4, 0.5) is 5.69 Å². The fourth-order valence-electron chi connectivity index (χ4n) is 3.90. The van der Waals surface area contributed by atoms with Crippen LogP contribution >= 0.6 is 12.2 Å². The number of aromatic nitrogens is 2. The van der Waals surface area contributed by atoms with Crippen LogP contribution in [0.1, 0.15) is 49.7 Å². The van der Waals surface area contributed by atoms with Crippen LogP contribution in [0.15, 0.2) is 73.2 Å². The zero-order valence-corrected chi connectivity index (χ0v) is 18.5. The summed E-state index contributed by atoms with van der Waals surface area (Å²) in [5.74, 6) is -0.0335. The first kappa shape index (κ1) is 21.1. The monoisotopic (exact) mass is 433 g/mol. The largest absolute Gasteiger partial charge is 0.352 e. The van der Waals surface area contributed by atoms with E-state index >= 15 is 0 Å². The second kappa shape index (κ2) is 9.31. The molecule has 3 heterocycles. The molecule has 0 bridgehead atoms. The van der Waals surface area contributed by atoms with Gasteiger partial charge in [-0.1, -0.05) is 24.3 Å². The van der Waals surface area contributed by atoms with E-state index in [4.69, 9.17) is 12.2 Å². The van der Waals surface area contributed by atoms with Crippen molar-refractivity contribution in [1.29, 1.82) is 0 Å². The molecule has 1 aliphatic heterocycles. The lowest BCUT2D eigenvalue weighted by Gasteiger charge is -2.27. The molecule has 1 aliphatic rings. The van der Waals surface area contributed by atoms with E-state index in [0.717, 1.165) is 16.9 Å². The van der Waals surface area contributed by atoms with E-state index in [9.17, 15) is 4.79 Å². The predicted octanol–water partition coefficient (Wildman–Crippen LogP) is 4.47. The summed E-state index contributed by atoms with van der Waals surface area (Å²) in [6.45, 7) is 4.83. The first-order chi connectivity index (χ1) is 15.0. The van der Waals surface area contributed by atoms with Crippen molar-refractivity contribution < 1.29 is 4.79 Å². The number of rotatable bonds is 7. The van der Waals surface area contributed by atoms with Crippen LogP contribution in [-0.4, -0.2) is 32.0 Å². The average Bonchev–Trinajstić information content (AvgIpc) is 3.38. The number of carbonyl (C=O) groups excluding carboxylic acids is 1. The van der Waals surface area contributed by atoms with E-state index in [-0.39, 0.29) is 18.0 Å². The Hall–Kier alpha value is -3.19. The van der Waals surface area contributed by atoms with Gasteiger partial charge in [0.25, 0.3) is 0 Å². The fraction of sp³-hybridized carbons (Fsp3) is 0.292. The molecule has 2 unspecified atom stereocenters. The van der Waals surface area contributed by atoms with Gasteiger partial charge in [0.15, 0.2) is 5.11 Å². The normalized spacial score (nSPS) is 18.3. The first-order valence-electron chi connectivity index (χ1n) is 10.5. The Morgan fingerprint density at radius 1 is 1.16 bits per heavy atom. The van der Waals surface area contributed by atoms with Crippen molar-refractivity contribution in [1.82, 2.24) is 19.8 Å². The Kier molecular flexibility index (Phi) is 6.32. The molecule has 31 heavy (non-hydrogen) atoms.